The van der Waals surface area contributed by atoms with Crippen LogP contribution in [0.15, 0.2) is 87.5 Å². The Kier molecular flexibility index (Phi) is 4.90. The van der Waals surface area contributed by atoms with Gasteiger partial charge in [0.2, 0.25) is 9.79 Å². The van der Waals surface area contributed by atoms with Crippen LogP contribution in [-0.2, 0) is 15.7 Å². The predicted molar refractivity (Wildman–Crippen MR) is 107 cm³/mol. The minimum atomic E-state index is -0.255. The molecule has 0 saturated heterocycles. The Morgan fingerprint density at radius 3 is 2.04 bits per heavy atom. The molecule has 0 N–H and O–H groups in total. The fourth-order valence-electron chi connectivity index (χ4n) is 2.92. The highest BCUT2D eigenvalue weighted by atomic mass is 32.2. The fraction of sp³-hybridized carbons (Fsp3) is 0.174. The lowest BCUT2D eigenvalue weighted by Gasteiger charge is -2.19. The quantitative estimate of drug-likeness (QED) is 0.255. The summed E-state index contributed by atoms with van der Waals surface area (Å²) < 4.78 is 11.6. The van der Waals surface area contributed by atoms with Gasteiger partial charge in [-0.05, 0) is 55.0 Å². The molecule has 4 heteroatoms. The van der Waals surface area contributed by atoms with Crippen LogP contribution in [0.2, 0.25) is 0 Å². The summed E-state index contributed by atoms with van der Waals surface area (Å²) in [5.41, 5.74) is 0. The molecule has 0 saturated carbocycles. The molecule has 3 nitrogen and oxygen atoms in total. The maximum atomic E-state index is 12.0. The van der Waals surface area contributed by atoms with Crippen molar-refractivity contribution in [2.45, 2.75) is 35.0 Å². The second-order valence-electron chi connectivity index (χ2n) is 6.50. The molecule has 3 aromatic carbocycles. The molecule has 0 aromatic heterocycles. The zero-order valence-corrected chi connectivity index (χ0v) is 16.2. The summed E-state index contributed by atoms with van der Waals surface area (Å²) in [6.07, 6.45) is 0.772. The number of ether oxygens (including phenoxy) is 2. The van der Waals surface area contributed by atoms with Crippen molar-refractivity contribution >= 4 is 16.9 Å². The molecule has 0 amide bonds. The Labute approximate surface area is 162 Å². The highest BCUT2D eigenvalue weighted by Gasteiger charge is 2.38. The van der Waals surface area contributed by atoms with Gasteiger partial charge >= 0.3 is 5.97 Å². The molecule has 1 atom stereocenters. The summed E-state index contributed by atoms with van der Waals surface area (Å²) in [5, 5.41) is 0. The number of para-hydroxylation sites is 2. The summed E-state index contributed by atoms with van der Waals surface area (Å²) in [6, 6.07) is 24.2. The monoisotopic (exact) mass is 377 g/mol. The molecule has 1 heterocycles. The van der Waals surface area contributed by atoms with Gasteiger partial charge in [0.05, 0.1) is 5.92 Å². The minimum absolute atomic E-state index is 0.0965. The first kappa shape index (κ1) is 17.7. The second-order valence-corrected chi connectivity index (χ2v) is 8.47. The van der Waals surface area contributed by atoms with E-state index in [-0.39, 0.29) is 22.8 Å². The van der Waals surface area contributed by atoms with Crippen molar-refractivity contribution < 1.29 is 14.3 Å². The fourth-order valence-corrected chi connectivity index (χ4v) is 5.13. The van der Waals surface area contributed by atoms with Crippen molar-refractivity contribution in [2.75, 3.05) is 0 Å². The molecule has 1 aliphatic rings. The van der Waals surface area contributed by atoms with Crippen molar-refractivity contribution in [3.63, 3.8) is 0 Å². The van der Waals surface area contributed by atoms with E-state index >= 15 is 0 Å². The third-order valence-electron chi connectivity index (χ3n) is 4.65. The number of fused-ring (bicyclic) bond motifs is 2. The Hall–Kier alpha value is -2.72. The molecule has 27 heavy (non-hydrogen) atoms. The number of carbonyl (C=O) groups excluding carboxylic acids is 1. The molecule has 3 aromatic rings. The average molecular weight is 377 g/mol. The molecule has 4 rings (SSSR count). The number of esters is 1. The van der Waals surface area contributed by atoms with Crippen LogP contribution >= 0.6 is 0 Å². The molecular formula is C23H21O3S+. The van der Waals surface area contributed by atoms with Gasteiger partial charge in [-0.3, -0.25) is 4.79 Å². The van der Waals surface area contributed by atoms with E-state index in [0.717, 1.165) is 17.9 Å². The third kappa shape index (κ3) is 3.45. The van der Waals surface area contributed by atoms with E-state index in [4.69, 9.17) is 9.47 Å². The van der Waals surface area contributed by atoms with E-state index in [1.54, 1.807) is 0 Å². The second kappa shape index (κ2) is 7.49. The van der Waals surface area contributed by atoms with Crippen LogP contribution in [0.3, 0.4) is 0 Å². The van der Waals surface area contributed by atoms with Crippen molar-refractivity contribution in [1.82, 2.24) is 0 Å². The third-order valence-corrected chi connectivity index (χ3v) is 6.95. The molecule has 1 unspecified atom stereocenters. The smallest absolute Gasteiger partial charge is 0.314 e. The first-order chi connectivity index (χ1) is 13.2. The van der Waals surface area contributed by atoms with Crippen molar-refractivity contribution in [1.29, 1.82) is 0 Å². The van der Waals surface area contributed by atoms with Gasteiger partial charge in [-0.2, -0.15) is 0 Å². The Bertz CT molecular complexity index is 920. The lowest BCUT2D eigenvalue weighted by atomic mass is 10.1. The normalized spacial score (nSPS) is 13.9. The number of benzene rings is 3. The summed E-state index contributed by atoms with van der Waals surface area (Å²) >= 11 is 0. The van der Waals surface area contributed by atoms with Gasteiger partial charge in [0.15, 0.2) is 16.4 Å². The SMILES string of the molecule is CCC(C)C(=O)Oc1ccc([S+]2c3ccccc3Oc3ccccc32)cc1. The zero-order chi connectivity index (χ0) is 18.8. The zero-order valence-electron chi connectivity index (χ0n) is 15.3. The Balaban J connectivity index is 1.68. The number of carbonyl (C=O) groups is 1. The predicted octanol–water partition coefficient (Wildman–Crippen LogP) is 5.84. The molecule has 136 valence electrons. The summed E-state index contributed by atoms with van der Waals surface area (Å²) in [5.74, 6) is 2.09. The van der Waals surface area contributed by atoms with Crippen LogP contribution in [0.5, 0.6) is 17.2 Å². The van der Waals surface area contributed by atoms with Crippen LogP contribution in [0.4, 0.5) is 0 Å². The van der Waals surface area contributed by atoms with Gasteiger partial charge in [0.25, 0.3) is 0 Å². The lowest BCUT2D eigenvalue weighted by Crippen LogP contribution is -2.17. The van der Waals surface area contributed by atoms with Gasteiger partial charge in [0.1, 0.15) is 16.6 Å². The minimum Gasteiger partial charge on any atom is -0.447 e. The number of hydrogen-bond donors (Lipinski definition) is 0. The molecular weight excluding hydrogens is 356 g/mol. The summed E-state index contributed by atoms with van der Waals surface area (Å²) in [4.78, 5) is 15.5. The molecule has 0 fully saturated rings. The van der Waals surface area contributed by atoms with Gasteiger partial charge < -0.3 is 9.47 Å². The molecule has 0 bridgehead atoms. The number of rotatable bonds is 4. The molecule has 1 aliphatic heterocycles. The maximum Gasteiger partial charge on any atom is 0.314 e. The van der Waals surface area contributed by atoms with E-state index in [2.05, 4.69) is 12.1 Å². The first-order valence-corrected chi connectivity index (χ1v) is 10.3. The van der Waals surface area contributed by atoms with Gasteiger partial charge in [-0.1, -0.05) is 38.1 Å². The van der Waals surface area contributed by atoms with E-state index in [1.807, 2.05) is 74.5 Å². The van der Waals surface area contributed by atoms with E-state index in [9.17, 15) is 4.79 Å². The summed E-state index contributed by atoms with van der Waals surface area (Å²) in [6.45, 7) is 3.87. The van der Waals surface area contributed by atoms with Crippen LogP contribution in [0.1, 0.15) is 20.3 Å². The maximum absolute atomic E-state index is 12.0. The van der Waals surface area contributed by atoms with Crippen LogP contribution in [0.25, 0.3) is 0 Å². The number of hydrogen-bond acceptors (Lipinski definition) is 3. The van der Waals surface area contributed by atoms with Gasteiger partial charge in [-0.15, -0.1) is 0 Å². The van der Waals surface area contributed by atoms with Gasteiger partial charge in [0, 0.05) is 0 Å². The average Bonchev–Trinajstić information content (AvgIpc) is 2.72. The topological polar surface area (TPSA) is 35.5 Å². The lowest BCUT2D eigenvalue weighted by molar-refractivity contribution is -0.138. The molecule has 0 radical (unpaired) electrons. The van der Waals surface area contributed by atoms with Crippen molar-refractivity contribution in [3.8, 4) is 17.2 Å². The van der Waals surface area contributed by atoms with E-state index in [0.29, 0.717) is 5.75 Å². The highest BCUT2D eigenvalue weighted by molar-refractivity contribution is 7.97. The highest BCUT2D eigenvalue weighted by Crippen LogP contribution is 2.46. The largest absolute Gasteiger partial charge is 0.447 e. The standard InChI is InChI=1S/C23H21O3S/c1-3-16(2)23(24)25-17-12-14-18(15-13-17)27-21-10-6-4-8-19(21)26-20-9-5-7-11-22(20)27/h4-16H,3H2,1-2H3/q+1. The Morgan fingerprint density at radius 2 is 1.48 bits per heavy atom. The van der Waals surface area contributed by atoms with E-state index in [1.165, 1.54) is 14.7 Å². The summed E-state index contributed by atoms with van der Waals surface area (Å²) in [7, 11) is -0.255. The van der Waals surface area contributed by atoms with Crippen LogP contribution < -0.4 is 9.47 Å². The van der Waals surface area contributed by atoms with Crippen LogP contribution in [-0.4, -0.2) is 5.97 Å². The van der Waals surface area contributed by atoms with Crippen molar-refractivity contribution in [3.05, 3.63) is 72.8 Å². The van der Waals surface area contributed by atoms with Crippen LogP contribution in [0, 0.1) is 5.92 Å². The van der Waals surface area contributed by atoms with E-state index < -0.39 is 0 Å². The molecule has 0 spiro atoms. The Morgan fingerprint density at radius 1 is 0.926 bits per heavy atom. The molecule has 0 aliphatic carbocycles. The van der Waals surface area contributed by atoms with Crippen molar-refractivity contribution in [2.24, 2.45) is 5.92 Å². The van der Waals surface area contributed by atoms with Gasteiger partial charge in [-0.25, -0.2) is 0 Å². The first-order valence-electron chi connectivity index (χ1n) is 9.09.